The molecular formula is C17H19F2NO3. The minimum Gasteiger partial charge on any atom is -0.456 e. The molecule has 2 fully saturated rings. The number of rotatable bonds is 5. The van der Waals surface area contributed by atoms with Crippen LogP contribution >= 0.6 is 0 Å². The second-order valence-corrected chi connectivity index (χ2v) is 6.47. The van der Waals surface area contributed by atoms with Crippen molar-refractivity contribution < 1.29 is 23.1 Å². The molecule has 1 amide bonds. The summed E-state index contributed by atoms with van der Waals surface area (Å²) in [5, 5.41) is 2.26. The summed E-state index contributed by atoms with van der Waals surface area (Å²) in [6.07, 6.45) is 5.09. The fraction of sp³-hybridized carbons (Fsp3) is 0.529. The lowest BCUT2D eigenvalue weighted by atomic mass is 9.86. The highest BCUT2D eigenvalue weighted by molar-refractivity contribution is 5.92. The molecule has 1 aromatic carbocycles. The summed E-state index contributed by atoms with van der Waals surface area (Å²) >= 11 is 0. The number of esters is 1. The molecule has 3 atom stereocenters. The lowest BCUT2D eigenvalue weighted by molar-refractivity contribution is -0.148. The zero-order chi connectivity index (χ0) is 16.4. The number of hydrogen-bond donors (Lipinski definition) is 1. The van der Waals surface area contributed by atoms with Crippen LogP contribution in [-0.2, 0) is 14.3 Å². The average molecular weight is 323 g/mol. The van der Waals surface area contributed by atoms with Crippen molar-refractivity contribution in [3.8, 4) is 0 Å². The molecule has 124 valence electrons. The molecule has 6 heteroatoms. The van der Waals surface area contributed by atoms with E-state index in [1.54, 1.807) is 0 Å². The first kappa shape index (κ1) is 15.9. The van der Waals surface area contributed by atoms with Gasteiger partial charge in [-0.3, -0.25) is 9.59 Å². The molecule has 3 rings (SSSR count). The molecule has 0 saturated heterocycles. The Balaban J connectivity index is 1.42. The van der Waals surface area contributed by atoms with Crippen LogP contribution in [0.15, 0.2) is 18.2 Å². The maximum atomic E-state index is 13.4. The van der Waals surface area contributed by atoms with E-state index in [0.29, 0.717) is 24.3 Å². The van der Waals surface area contributed by atoms with E-state index in [9.17, 15) is 18.4 Å². The summed E-state index contributed by atoms with van der Waals surface area (Å²) in [5.41, 5.74) is -0.138. The third-order valence-corrected chi connectivity index (χ3v) is 4.88. The number of anilines is 1. The number of hydrogen-bond acceptors (Lipinski definition) is 3. The summed E-state index contributed by atoms with van der Waals surface area (Å²) < 4.78 is 31.1. The van der Waals surface area contributed by atoms with Crippen molar-refractivity contribution in [2.24, 2.45) is 17.8 Å². The maximum absolute atomic E-state index is 13.4. The first-order chi connectivity index (χ1) is 11.0. The molecule has 0 heterocycles. The van der Waals surface area contributed by atoms with Gasteiger partial charge in [0.25, 0.3) is 5.91 Å². The summed E-state index contributed by atoms with van der Waals surface area (Å²) in [6.45, 7) is -0.462. The lowest BCUT2D eigenvalue weighted by Gasteiger charge is -2.20. The molecule has 0 aromatic heterocycles. The smallest absolute Gasteiger partial charge is 0.306 e. The minimum atomic E-state index is -0.869. The topological polar surface area (TPSA) is 55.4 Å². The van der Waals surface area contributed by atoms with E-state index in [1.165, 1.54) is 19.3 Å². The molecule has 4 nitrogen and oxygen atoms in total. The van der Waals surface area contributed by atoms with Gasteiger partial charge in [0.2, 0.25) is 0 Å². The highest BCUT2D eigenvalue weighted by Gasteiger charge is 2.40. The molecule has 2 aliphatic carbocycles. The third-order valence-electron chi connectivity index (χ3n) is 4.88. The number of nitrogens with one attached hydrogen (secondary N) is 1. The summed E-state index contributed by atoms with van der Waals surface area (Å²) in [7, 11) is 0. The number of fused-ring (bicyclic) bond motifs is 2. The van der Waals surface area contributed by atoms with Gasteiger partial charge in [-0.1, -0.05) is 6.42 Å². The van der Waals surface area contributed by atoms with E-state index < -0.39 is 30.1 Å². The molecule has 0 radical (unpaired) electrons. The maximum Gasteiger partial charge on any atom is 0.306 e. The molecular weight excluding hydrogens is 304 g/mol. The highest BCUT2D eigenvalue weighted by atomic mass is 19.1. The summed E-state index contributed by atoms with van der Waals surface area (Å²) in [5.74, 6) is -0.880. The molecule has 2 saturated carbocycles. The van der Waals surface area contributed by atoms with Gasteiger partial charge in [-0.2, -0.15) is 0 Å². The molecule has 2 aliphatic rings. The second-order valence-electron chi connectivity index (χ2n) is 6.47. The predicted octanol–water partition coefficient (Wildman–Crippen LogP) is 3.27. The quantitative estimate of drug-likeness (QED) is 0.846. The van der Waals surface area contributed by atoms with Gasteiger partial charge in [0.1, 0.15) is 11.6 Å². The predicted molar refractivity (Wildman–Crippen MR) is 79.5 cm³/mol. The Morgan fingerprint density at radius 1 is 1.22 bits per heavy atom. The van der Waals surface area contributed by atoms with Crippen LogP contribution in [0.2, 0.25) is 0 Å². The number of benzene rings is 1. The first-order valence-electron chi connectivity index (χ1n) is 7.92. The van der Waals surface area contributed by atoms with Crippen LogP contribution < -0.4 is 5.32 Å². The monoisotopic (exact) mass is 323 g/mol. The van der Waals surface area contributed by atoms with Gasteiger partial charge < -0.3 is 10.1 Å². The van der Waals surface area contributed by atoms with Crippen molar-refractivity contribution in [1.29, 1.82) is 0 Å². The minimum absolute atomic E-state index is 0.138. The van der Waals surface area contributed by atoms with Gasteiger partial charge in [0.15, 0.2) is 6.61 Å². The fourth-order valence-corrected chi connectivity index (χ4v) is 3.82. The number of amides is 1. The van der Waals surface area contributed by atoms with Gasteiger partial charge in [0.05, 0.1) is 5.69 Å². The molecule has 23 heavy (non-hydrogen) atoms. The lowest BCUT2D eigenvalue weighted by Crippen LogP contribution is -2.23. The van der Waals surface area contributed by atoms with Crippen LogP contribution in [-0.4, -0.2) is 18.5 Å². The Kier molecular flexibility index (Phi) is 4.59. The normalized spacial score (nSPS) is 25.4. The zero-order valence-corrected chi connectivity index (χ0v) is 12.7. The molecule has 0 unspecified atom stereocenters. The third kappa shape index (κ3) is 3.86. The van der Waals surface area contributed by atoms with E-state index >= 15 is 0 Å². The Labute approximate surface area is 133 Å². The van der Waals surface area contributed by atoms with Crippen LogP contribution in [0, 0.1) is 29.4 Å². The van der Waals surface area contributed by atoms with Crippen molar-refractivity contribution in [2.75, 3.05) is 11.9 Å². The number of carbonyl (C=O) groups is 2. The standard InChI is InChI=1S/C17H19F2NO3/c18-13-3-4-15(14(19)8-13)20-16(21)9-23-17(22)7-12-6-10-1-2-11(12)5-10/h3-4,8,10-12H,1-2,5-7,9H2,(H,20,21)/t10-,11-,12+/m1/s1. The Morgan fingerprint density at radius 2 is 2.04 bits per heavy atom. The van der Waals surface area contributed by atoms with E-state index in [-0.39, 0.29) is 5.69 Å². The molecule has 0 aliphatic heterocycles. The Hall–Kier alpha value is -1.98. The van der Waals surface area contributed by atoms with Gasteiger partial charge in [-0.05, 0) is 49.1 Å². The van der Waals surface area contributed by atoms with Gasteiger partial charge >= 0.3 is 5.97 Å². The van der Waals surface area contributed by atoms with Crippen molar-refractivity contribution in [3.05, 3.63) is 29.8 Å². The second kappa shape index (κ2) is 6.64. The van der Waals surface area contributed by atoms with E-state index in [0.717, 1.165) is 24.5 Å². The molecule has 1 aromatic rings. The van der Waals surface area contributed by atoms with Crippen molar-refractivity contribution in [1.82, 2.24) is 0 Å². The van der Waals surface area contributed by atoms with E-state index in [2.05, 4.69) is 5.32 Å². The highest BCUT2D eigenvalue weighted by Crippen LogP contribution is 2.49. The average Bonchev–Trinajstić information content (AvgIpc) is 3.11. The molecule has 0 spiro atoms. The number of carbonyl (C=O) groups excluding carboxylic acids is 2. The van der Waals surface area contributed by atoms with Crippen molar-refractivity contribution in [2.45, 2.75) is 32.1 Å². The van der Waals surface area contributed by atoms with Gasteiger partial charge in [0, 0.05) is 12.5 Å². The van der Waals surface area contributed by atoms with Crippen molar-refractivity contribution in [3.63, 3.8) is 0 Å². The summed E-state index contributed by atoms with van der Waals surface area (Å²) in [4.78, 5) is 23.5. The van der Waals surface area contributed by atoms with Crippen LogP contribution in [0.5, 0.6) is 0 Å². The number of halogens is 2. The molecule has 2 bridgehead atoms. The van der Waals surface area contributed by atoms with E-state index in [4.69, 9.17) is 4.74 Å². The van der Waals surface area contributed by atoms with Crippen molar-refractivity contribution >= 4 is 17.6 Å². The van der Waals surface area contributed by atoms with Crippen LogP contribution in [0.3, 0.4) is 0 Å². The van der Waals surface area contributed by atoms with E-state index in [1.807, 2.05) is 0 Å². The zero-order valence-electron chi connectivity index (χ0n) is 12.7. The SMILES string of the molecule is O=C(COC(=O)C[C@@H]1C[C@@H]2CC[C@@H]1C2)Nc1ccc(F)cc1F. The largest absolute Gasteiger partial charge is 0.456 e. The van der Waals surface area contributed by atoms with Crippen LogP contribution in [0.1, 0.15) is 32.1 Å². The van der Waals surface area contributed by atoms with Gasteiger partial charge in [-0.15, -0.1) is 0 Å². The Morgan fingerprint density at radius 3 is 2.70 bits per heavy atom. The number of ether oxygens (including phenoxy) is 1. The Bertz CT molecular complexity index is 620. The van der Waals surface area contributed by atoms with Crippen LogP contribution in [0.4, 0.5) is 14.5 Å². The van der Waals surface area contributed by atoms with Gasteiger partial charge in [-0.25, -0.2) is 8.78 Å². The fourth-order valence-electron chi connectivity index (χ4n) is 3.82. The first-order valence-corrected chi connectivity index (χ1v) is 7.92. The van der Waals surface area contributed by atoms with Crippen LogP contribution in [0.25, 0.3) is 0 Å². The summed E-state index contributed by atoms with van der Waals surface area (Å²) in [6, 6.07) is 2.84. The molecule has 1 N–H and O–H groups in total.